The van der Waals surface area contributed by atoms with Crippen molar-refractivity contribution in [2.24, 2.45) is 0 Å². The van der Waals surface area contributed by atoms with Gasteiger partial charge in [0.1, 0.15) is 11.6 Å². The van der Waals surface area contributed by atoms with Crippen LogP contribution in [0.15, 0.2) is 22.7 Å². The molecule has 1 aliphatic rings. The third kappa shape index (κ3) is 4.35. The lowest BCUT2D eigenvalue weighted by atomic mass is 10.2. The maximum absolute atomic E-state index is 13.5. The van der Waals surface area contributed by atoms with E-state index in [1.165, 1.54) is 6.07 Å². The molecule has 1 aromatic carbocycles. The van der Waals surface area contributed by atoms with E-state index < -0.39 is 0 Å². The number of halogens is 1. The molecule has 0 saturated carbocycles. The molecular weight excluding hydrogens is 323 g/mol. The molecule has 1 fully saturated rings. The summed E-state index contributed by atoms with van der Waals surface area (Å²) in [6.45, 7) is 5.26. The van der Waals surface area contributed by atoms with Crippen LogP contribution in [-0.4, -0.2) is 53.2 Å². The van der Waals surface area contributed by atoms with Crippen LogP contribution in [0.3, 0.4) is 0 Å². The topological polar surface area (TPSA) is 54.6 Å². The summed E-state index contributed by atoms with van der Waals surface area (Å²) < 4.78 is 24.0. The van der Waals surface area contributed by atoms with Crippen LogP contribution in [0.1, 0.15) is 30.6 Å². The molecule has 1 aliphatic heterocycles. The Morgan fingerprint density at radius 1 is 1.44 bits per heavy atom. The molecule has 3 rings (SSSR count). The van der Waals surface area contributed by atoms with Crippen LogP contribution in [0.4, 0.5) is 4.39 Å². The molecular formula is C18H25FN4O2. The third-order valence-corrected chi connectivity index (χ3v) is 4.71. The highest BCUT2D eigenvalue weighted by molar-refractivity contribution is 5.33. The van der Waals surface area contributed by atoms with Crippen molar-refractivity contribution >= 4 is 0 Å². The van der Waals surface area contributed by atoms with Gasteiger partial charge in [0.05, 0.1) is 13.7 Å². The minimum atomic E-state index is -0.229. The summed E-state index contributed by atoms with van der Waals surface area (Å²) >= 11 is 0. The van der Waals surface area contributed by atoms with Crippen molar-refractivity contribution in [3.05, 3.63) is 41.3 Å². The van der Waals surface area contributed by atoms with Crippen LogP contribution >= 0.6 is 0 Å². The van der Waals surface area contributed by atoms with E-state index in [1.54, 1.807) is 19.2 Å². The second-order valence-corrected chi connectivity index (χ2v) is 6.51. The molecule has 25 heavy (non-hydrogen) atoms. The summed E-state index contributed by atoms with van der Waals surface area (Å²) in [6, 6.07) is 5.09. The van der Waals surface area contributed by atoms with Gasteiger partial charge < -0.3 is 9.26 Å². The first-order valence-electron chi connectivity index (χ1n) is 8.65. The first-order chi connectivity index (χ1) is 12.1. The molecule has 0 bridgehead atoms. The Morgan fingerprint density at radius 3 is 3.00 bits per heavy atom. The molecule has 0 aliphatic carbocycles. The van der Waals surface area contributed by atoms with Gasteiger partial charge in [0.25, 0.3) is 0 Å². The van der Waals surface area contributed by atoms with Crippen LogP contribution in [-0.2, 0) is 19.5 Å². The van der Waals surface area contributed by atoms with Crippen molar-refractivity contribution < 1.29 is 13.7 Å². The Balaban J connectivity index is 1.57. The van der Waals surface area contributed by atoms with Crippen LogP contribution in [0, 0.1) is 5.82 Å². The normalized spacial score (nSPS) is 18.2. The fourth-order valence-electron chi connectivity index (χ4n) is 3.28. The highest BCUT2D eigenvalue weighted by Crippen LogP contribution is 2.24. The number of methoxy groups -OCH3 is 1. The lowest BCUT2D eigenvalue weighted by Crippen LogP contribution is -2.34. The van der Waals surface area contributed by atoms with Crippen LogP contribution in [0.2, 0.25) is 0 Å². The van der Waals surface area contributed by atoms with Gasteiger partial charge in [0, 0.05) is 37.7 Å². The zero-order valence-corrected chi connectivity index (χ0v) is 15.0. The number of benzene rings is 1. The summed E-state index contributed by atoms with van der Waals surface area (Å²) in [4.78, 5) is 8.95. The predicted octanol–water partition coefficient (Wildman–Crippen LogP) is 2.49. The first kappa shape index (κ1) is 17.8. The van der Waals surface area contributed by atoms with E-state index in [4.69, 9.17) is 9.26 Å². The molecule has 1 saturated heterocycles. The minimum Gasteiger partial charge on any atom is -0.496 e. The molecule has 0 amide bonds. The molecule has 6 nitrogen and oxygen atoms in total. The van der Waals surface area contributed by atoms with E-state index in [-0.39, 0.29) is 5.82 Å². The number of rotatable bonds is 7. The number of aryl methyl sites for hydroxylation is 1. The van der Waals surface area contributed by atoms with E-state index in [0.29, 0.717) is 25.0 Å². The number of likely N-dealkylation sites (tertiary alicyclic amines) is 1. The monoisotopic (exact) mass is 348 g/mol. The molecule has 136 valence electrons. The van der Waals surface area contributed by atoms with Crippen molar-refractivity contribution in [3.63, 3.8) is 0 Å². The van der Waals surface area contributed by atoms with Gasteiger partial charge in [-0.25, -0.2) is 4.39 Å². The summed E-state index contributed by atoms with van der Waals surface area (Å²) in [7, 11) is 3.70. The predicted molar refractivity (Wildman–Crippen MR) is 91.8 cm³/mol. The largest absolute Gasteiger partial charge is 0.496 e. The summed E-state index contributed by atoms with van der Waals surface area (Å²) in [5.74, 6) is 1.91. The minimum absolute atomic E-state index is 0.229. The maximum Gasteiger partial charge on any atom is 0.226 e. The number of likely N-dealkylation sites (N-methyl/N-ethyl adjacent to an activating group) is 1. The Labute approximate surface area is 147 Å². The Bertz CT molecular complexity index is 706. The average molecular weight is 348 g/mol. The zero-order chi connectivity index (χ0) is 17.8. The van der Waals surface area contributed by atoms with Gasteiger partial charge in [0.15, 0.2) is 5.82 Å². The van der Waals surface area contributed by atoms with Gasteiger partial charge in [-0.3, -0.25) is 9.80 Å². The van der Waals surface area contributed by atoms with E-state index >= 15 is 0 Å². The van der Waals surface area contributed by atoms with Crippen molar-refractivity contribution in [1.82, 2.24) is 19.9 Å². The van der Waals surface area contributed by atoms with Crippen molar-refractivity contribution in [1.29, 1.82) is 0 Å². The number of aromatic nitrogens is 2. The molecule has 0 spiro atoms. The SMILES string of the molecule is CCc1nc(CN(C)C2CCN(Cc3cc(F)ccc3OC)C2)no1. The summed E-state index contributed by atoms with van der Waals surface area (Å²) in [6.07, 6.45) is 1.82. The van der Waals surface area contributed by atoms with Crippen molar-refractivity contribution in [3.8, 4) is 5.75 Å². The lowest BCUT2D eigenvalue weighted by molar-refractivity contribution is 0.215. The maximum atomic E-state index is 13.5. The summed E-state index contributed by atoms with van der Waals surface area (Å²) in [5.41, 5.74) is 0.886. The van der Waals surface area contributed by atoms with E-state index in [9.17, 15) is 4.39 Å². The second kappa shape index (κ2) is 7.93. The number of ether oxygens (including phenoxy) is 1. The van der Waals surface area contributed by atoms with Gasteiger partial charge in [-0.15, -0.1) is 0 Å². The number of hydrogen-bond acceptors (Lipinski definition) is 6. The molecule has 7 heteroatoms. The number of hydrogen-bond donors (Lipinski definition) is 0. The van der Waals surface area contributed by atoms with Crippen molar-refractivity contribution in [2.45, 2.75) is 38.9 Å². The van der Waals surface area contributed by atoms with Gasteiger partial charge in [-0.1, -0.05) is 12.1 Å². The van der Waals surface area contributed by atoms with E-state index in [2.05, 4.69) is 27.0 Å². The lowest BCUT2D eigenvalue weighted by Gasteiger charge is -2.23. The second-order valence-electron chi connectivity index (χ2n) is 6.51. The van der Waals surface area contributed by atoms with Gasteiger partial charge in [0.2, 0.25) is 5.89 Å². The molecule has 0 radical (unpaired) electrons. The van der Waals surface area contributed by atoms with Crippen LogP contribution in [0.25, 0.3) is 0 Å². The average Bonchev–Trinajstić information content (AvgIpc) is 3.24. The van der Waals surface area contributed by atoms with E-state index in [0.717, 1.165) is 43.1 Å². The summed E-state index contributed by atoms with van der Waals surface area (Å²) in [5, 5.41) is 4.02. The third-order valence-electron chi connectivity index (χ3n) is 4.71. The fraction of sp³-hybridized carbons (Fsp3) is 0.556. The zero-order valence-electron chi connectivity index (χ0n) is 15.0. The molecule has 0 N–H and O–H groups in total. The number of nitrogens with zero attached hydrogens (tertiary/aromatic N) is 4. The van der Waals surface area contributed by atoms with Gasteiger partial charge in [-0.05, 0) is 31.7 Å². The molecule has 1 unspecified atom stereocenters. The van der Waals surface area contributed by atoms with Crippen molar-refractivity contribution in [2.75, 3.05) is 27.2 Å². The Morgan fingerprint density at radius 2 is 2.28 bits per heavy atom. The first-order valence-corrected chi connectivity index (χ1v) is 8.65. The Hall–Kier alpha value is -1.99. The highest BCUT2D eigenvalue weighted by Gasteiger charge is 2.27. The van der Waals surface area contributed by atoms with Gasteiger partial charge >= 0.3 is 0 Å². The highest BCUT2D eigenvalue weighted by atomic mass is 19.1. The van der Waals surface area contributed by atoms with Crippen LogP contribution < -0.4 is 4.74 Å². The fourth-order valence-corrected chi connectivity index (χ4v) is 3.28. The molecule has 2 heterocycles. The standard InChI is InChI=1S/C18H25FN4O2/c1-4-18-20-17(21-25-18)12-22(2)15-7-8-23(11-15)10-13-9-14(19)5-6-16(13)24-3/h5-6,9,15H,4,7-8,10-12H2,1-3H3. The Kier molecular flexibility index (Phi) is 5.65. The van der Waals surface area contributed by atoms with Crippen LogP contribution in [0.5, 0.6) is 5.75 Å². The molecule has 1 aromatic heterocycles. The molecule has 1 atom stereocenters. The smallest absolute Gasteiger partial charge is 0.226 e. The van der Waals surface area contributed by atoms with Gasteiger partial charge in [-0.2, -0.15) is 4.98 Å². The molecule has 2 aromatic rings. The quantitative estimate of drug-likeness (QED) is 0.766. The van der Waals surface area contributed by atoms with E-state index in [1.807, 2.05) is 6.92 Å².